The first kappa shape index (κ1) is 14.2. The van der Waals surface area contributed by atoms with Crippen molar-refractivity contribution in [1.82, 2.24) is 0 Å². The van der Waals surface area contributed by atoms with Crippen molar-refractivity contribution in [2.24, 2.45) is 0 Å². The van der Waals surface area contributed by atoms with Crippen molar-refractivity contribution in [1.29, 1.82) is 5.26 Å². The van der Waals surface area contributed by atoms with Gasteiger partial charge in [0.1, 0.15) is 17.9 Å². The number of nitrogens with zero attached hydrogens (tertiary/aromatic N) is 2. The van der Waals surface area contributed by atoms with Gasteiger partial charge in [-0.1, -0.05) is 0 Å². The number of methoxy groups -OCH3 is 1. The average Bonchev–Trinajstić information content (AvgIpc) is 2.96. The molecule has 0 spiro atoms. The van der Waals surface area contributed by atoms with Gasteiger partial charge in [0.05, 0.1) is 25.0 Å². The van der Waals surface area contributed by atoms with E-state index < -0.39 is 0 Å². The lowest BCUT2D eigenvalue weighted by Gasteiger charge is -2.26. The fourth-order valence-electron chi connectivity index (χ4n) is 2.51. The lowest BCUT2D eigenvalue weighted by molar-refractivity contribution is -0.144. The molecule has 1 aliphatic heterocycles. The van der Waals surface area contributed by atoms with Crippen molar-refractivity contribution in [3.05, 3.63) is 23.8 Å². The van der Waals surface area contributed by atoms with Gasteiger partial charge in [-0.3, -0.25) is 0 Å². The van der Waals surface area contributed by atoms with Crippen molar-refractivity contribution < 1.29 is 14.3 Å². The molecule has 0 bridgehead atoms. The molecular formula is C15H18N2O3. The summed E-state index contributed by atoms with van der Waals surface area (Å²) in [5, 5.41) is 9.24. The van der Waals surface area contributed by atoms with E-state index in [0.717, 1.165) is 25.1 Å². The maximum Gasteiger partial charge on any atom is 0.328 e. The van der Waals surface area contributed by atoms with Crippen LogP contribution in [0.3, 0.4) is 0 Å². The van der Waals surface area contributed by atoms with Gasteiger partial charge in [0.15, 0.2) is 0 Å². The summed E-state index contributed by atoms with van der Waals surface area (Å²) >= 11 is 0. The molecule has 0 aliphatic carbocycles. The van der Waals surface area contributed by atoms with Gasteiger partial charge in [0, 0.05) is 12.6 Å². The van der Waals surface area contributed by atoms with Gasteiger partial charge < -0.3 is 14.4 Å². The maximum absolute atomic E-state index is 12.0. The van der Waals surface area contributed by atoms with Crippen molar-refractivity contribution in [3.63, 3.8) is 0 Å². The van der Waals surface area contributed by atoms with Crippen LogP contribution in [0, 0.1) is 11.3 Å². The van der Waals surface area contributed by atoms with E-state index in [9.17, 15) is 10.1 Å². The number of hydrogen-bond acceptors (Lipinski definition) is 5. The van der Waals surface area contributed by atoms with Crippen LogP contribution in [0.2, 0.25) is 0 Å². The van der Waals surface area contributed by atoms with Gasteiger partial charge >= 0.3 is 5.97 Å². The number of anilines is 1. The normalized spacial score (nSPS) is 17.6. The molecule has 5 heteroatoms. The third-order valence-corrected chi connectivity index (χ3v) is 3.45. The van der Waals surface area contributed by atoms with Gasteiger partial charge in [-0.15, -0.1) is 0 Å². The third kappa shape index (κ3) is 2.69. The van der Waals surface area contributed by atoms with Crippen LogP contribution in [-0.2, 0) is 9.53 Å². The topological polar surface area (TPSA) is 62.6 Å². The Morgan fingerprint density at radius 3 is 3.00 bits per heavy atom. The predicted molar refractivity (Wildman–Crippen MR) is 74.7 cm³/mol. The van der Waals surface area contributed by atoms with Gasteiger partial charge in [-0.05, 0) is 31.9 Å². The molecule has 1 aromatic rings. The minimum absolute atomic E-state index is 0.225. The summed E-state index contributed by atoms with van der Waals surface area (Å²) < 4.78 is 10.3. The smallest absolute Gasteiger partial charge is 0.328 e. The number of benzene rings is 1. The molecule has 0 saturated carbocycles. The summed E-state index contributed by atoms with van der Waals surface area (Å²) in [5.41, 5.74) is 1.28. The second-order valence-electron chi connectivity index (χ2n) is 4.60. The minimum Gasteiger partial charge on any atom is -0.497 e. The van der Waals surface area contributed by atoms with E-state index >= 15 is 0 Å². The highest BCUT2D eigenvalue weighted by atomic mass is 16.5. The summed E-state index contributed by atoms with van der Waals surface area (Å²) in [6.45, 7) is 2.90. The molecule has 1 saturated heterocycles. The van der Waals surface area contributed by atoms with Crippen LogP contribution < -0.4 is 9.64 Å². The fraction of sp³-hybridized carbons (Fsp3) is 0.467. The monoisotopic (exact) mass is 274 g/mol. The molecule has 0 N–H and O–H groups in total. The van der Waals surface area contributed by atoms with Gasteiger partial charge in [-0.25, -0.2) is 4.79 Å². The van der Waals surface area contributed by atoms with Crippen LogP contribution in [0.1, 0.15) is 25.3 Å². The summed E-state index contributed by atoms with van der Waals surface area (Å²) in [6, 6.07) is 7.12. The lowest BCUT2D eigenvalue weighted by atomic mass is 10.1. The SMILES string of the molecule is CCOC(=O)C1CCCN1c1cc(OC)ccc1C#N. The Balaban J connectivity index is 2.34. The molecule has 1 aromatic carbocycles. The van der Waals surface area contributed by atoms with Crippen molar-refractivity contribution >= 4 is 11.7 Å². The Kier molecular flexibility index (Phi) is 4.46. The average molecular weight is 274 g/mol. The number of carbonyl (C=O) groups excluding carboxylic acids is 1. The number of esters is 1. The first-order valence-electron chi connectivity index (χ1n) is 6.72. The fourth-order valence-corrected chi connectivity index (χ4v) is 2.51. The highest BCUT2D eigenvalue weighted by Gasteiger charge is 2.33. The Morgan fingerprint density at radius 2 is 2.35 bits per heavy atom. The van der Waals surface area contributed by atoms with Gasteiger partial charge in [-0.2, -0.15) is 5.26 Å². The molecule has 106 valence electrons. The number of nitriles is 1. The highest BCUT2D eigenvalue weighted by Crippen LogP contribution is 2.32. The summed E-state index contributed by atoms with van der Waals surface area (Å²) in [5.74, 6) is 0.449. The molecule has 20 heavy (non-hydrogen) atoms. The Labute approximate surface area is 118 Å². The molecule has 1 heterocycles. The predicted octanol–water partition coefficient (Wildman–Crippen LogP) is 2.10. The summed E-state index contributed by atoms with van der Waals surface area (Å²) in [7, 11) is 1.58. The third-order valence-electron chi connectivity index (χ3n) is 3.45. The number of rotatable bonds is 4. The first-order valence-corrected chi connectivity index (χ1v) is 6.72. The van der Waals surface area contributed by atoms with Crippen LogP contribution in [0.5, 0.6) is 5.75 Å². The van der Waals surface area contributed by atoms with Crippen molar-refractivity contribution in [2.45, 2.75) is 25.8 Å². The van der Waals surface area contributed by atoms with E-state index in [0.29, 0.717) is 17.9 Å². The van der Waals surface area contributed by atoms with Crippen LogP contribution in [0.4, 0.5) is 5.69 Å². The minimum atomic E-state index is -0.311. The van der Waals surface area contributed by atoms with E-state index in [1.807, 2.05) is 4.90 Å². The van der Waals surface area contributed by atoms with E-state index in [1.165, 1.54) is 0 Å². The van der Waals surface area contributed by atoms with Crippen molar-refractivity contribution in [3.8, 4) is 11.8 Å². The van der Waals surface area contributed by atoms with Crippen LogP contribution in [0.25, 0.3) is 0 Å². The van der Waals surface area contributed by atoms with E-state index in [4.69, 9.17) is 9.47 Å². The Bertz CT molecular complexity index is 536. The Morgan fingerprint density at radius 1 is 1.55 bits per heavy atom. The molecule has 2 rings (SSSR count). The number of ether oxygens (including phenoxy) is 2. The molecule has 0 radical (unpaired) electrons. The molecule has 1 fully saturated rings. The van der Waals surface area contributed by atoms with E-state index in [1.54, 1.807) is 32.2 Å². The second kappa shape index (κ2) is 6.29. The molecule has 1 unspecified atom stereocenters. The lowest BCUT2D eigenvalue weighted by Crippen LogP contribution is -2.37. The first-order chi connectivity index (χ1) is 9.71. The molecule has 5 nitrogen and oxygen atoms in total. The summed E-state index contributed by atoms with van der Waals surface area (Å²) in [6.07, 6.45) is 1.66. The van der Waals surface area contributed by atoms with Crippen molar-refractivity contribution in [2.75, 3.05) is 25.2 Å². The van der Waals surface area contributed by atoms with Crippen LogP contribution in [-0.4, -0.2) is 32.3 Å². The molecule has 0 aromatic heterocycles. The second-order valence-corrected chi connectivity index (χ2v) is 4.60. The molecule has 1 aliphatic rings. The van der Waals surface area contributed by atoms with E-state index in [2.05, 4.69) is 6.07 Å². The molecule has 1 atom stereocenters. The zero-order valence-corrected chi connectivity index (χ0v) is 11.8. The quantitative estimate of drug-likeness (QED) is 0.787. The maximum atomic E-state index is 12.0. The van der Waals surface area contributed by atoms with E-state index in [-0.39, 0.29) is 12.0 Å². The summed E-state index contributed by atoms with van der Waals surface area (Å²) in [4.78, 5) is 13.9. The van der Waals surface area contributed by atoms with Crippen LogP contribution >= 0.6 is 0 Å². The standard InChI is InChI=1S/C15H18N2O3/c1-3-20-15(18)13-5-4-8-17(13)14-9-12(19-2)7-6-11(14)10-16/h6-7,9,13H,3-5,8H2,1-2H3. The highest BCUT2D eigenvalue weighted by molar-refractivity contribution is 5.82. The number of hydrogen-bond donors (Lipinski definition) is 0. The Hall–Kier alpha value is -2.22. The zero-order chi connectivity index (χ0) is 14.5. The number of carbonyl (C=O) groups is 1. The molecule has 0 amide bonds. The van der Waals surface area contributed by atoms with Gasteiger partial charge in [0.2, 0.25) is 0 Å². The zero-order valence-electron chi connectivity index (χ0n) is 11.8. The molecular weight excluding hydrogens is 256 g/mol. The largest absolute Gasteiger partial charge is 0.497 e. The van der Waals surface area contributed by atoms with Crippen LogP contribution in [0.15, 0.2) is 18.2 Å². The van der Waals surface area contributed by atoms with Gasteiger partial charge in [0.25, 0.3) is 0 Å².